The van der Waals surface area contributed by atoms with Gasteiger partial charge in [-0.25, -0.2) is 0 Å². The van der Waals surface area contributed by atoms with Gasteiger partial charge in [-0.05, 0) is 35.7 Å². The minimum Gasteiger partial charge on any atom is -0.482 e. The summed E-state index contributed by atoms with van der Waals surface area (Å²) in [6, 6.07) is 1.71. The lowest BCUT2D eigenvalue weighted by Crippen LogP contribution is -2.03. The number of ether oxygens (including phenoxy) is 1. The molecule has 2 rings (SSSR count). The average molecular weight is 194 g/mol. The Morgan fingerprint density at radius 1 is 1.64 bits per heavy atom. The van der Waals surface area contributed by atoms with Crippen LogP contribution in [0.3, 0.4) is 0 Å². The molecule has 1 saturated carbocycles. The minimum absolute atomic E-state index is 0.150. The zero-order chi connectivity index (χ0) is 10.1. The van der Waals surface area contributed by atoms with Crippen molar-refractivity contribution < 1.29 is 9.66 Å². The Morgan fingerprint density at radius 2 is 2.36 bits per heavy atom. The van der Waals surface area contributed by atoms with Crippen LogP contribution in [0.2, 0.25) is 0 Å². The number of hydrogen-bond donors (Lipinski definition) is 0. The van der Waals surface area contributed by atoms with Gasteiger partial charge >= 0.3 is 5.82 Å². The van der Waals surface area contributed by atoms with Crippen molar-refractivity contribution in [2.24, 2.45) is 0 Å². The van der Waals surface area contributed by atoms with Crippen LogP contribution in [-0.2, 0) is 0 Å². The summed E-state index contributed by atoms with van der Waals surface area (Å²) in [5, 5.41) is 10.6. The van der Waals surface area contributed by atoms with Crippen LogP contribution >= 0.6 is 0 Å². The molecule has 1 aromatic rings. The summed E-state index contributed by atoms with van der Waals surface area (Å²) in [7, 11) is 0. The van der Waals surface area contributed by atoms with E-state index in [-0.39, 0.29) is 11.9 Å². The standard InChI is InChI=1S/C9H10N2O3/c1-6-4-5-10-9(11(12)13)8(6)14-7-2-3-7/h4-5,7H,2-3H2,1H3. The quantitative estimate of drug-likeness (QED) is 0.544. The molecule has 0 spiro atoms. The van der Waals surface area contributed by atoms with E-state index in [2.05, 4.69) is 4.98 Å². The molecule has 0 N–H and O–H groups in total. The van der Waals surface area contributed by atoms with E-state index in [1.54, 1.807) is 13.0 Å². The predicted molar refractivity (Wildman–Crippen MR) is 49.3 cm³/mol. The van der Waals surface area contributed by atoms with Gasteiger partial charge in [0.1, 0.15) is 6.20 Å². The monoisotopic (exact) mass is 194 g/mol. The lowest BCUT2D eigenvalue weighted by atomic mass is 10.2. The van der Waals surface area contributed by atoms with Gasteiger partial charge in [-0.2, -0.15) is 0 Å². The SMILES string of the molecule is Cc1ccnc([N+](=O)[O-])c1OC1CC1. The van der Waals surface area contributed by atoms with Gasteiger partial charge in [0.15, 0.2) is 0 Å². The van der Waals surface area contributed by atoms with E-state index in [0.717, 1.165) is 18.4 Å². The second-order valence-corrected chi connectivity index (χ2v) is 3.35. The van der Waals surface area contributed by atoms with E-state index in [4.69, 9.17) is 4.74 Å². The lowest BCUT2D eigenvalue weighted by Gasteiger charge is -2.06. The van der Waals surface area contributed by atoms with Crippen molar-refractivity contribution in [3.8, 4) is 5.75 Å². The molecule has 1 aliphatic rings. The molecule has 0 amide bonds. The molecule has 0 aliphatic heterocycles. The Kier molecular flexibility index (Phi) is 2.07. The Morgan fingerprint density at radius 3 is 2.93 bits per heavy atom. The Labute approximate surface area is 80.9 Å². The molecular formula is C9H10N2O3. The molecule has 1 fully saturated rings. The van der Waals surface area contributed by atoms with Gasteiger partial charge in [0.2, 0.25) is 5.75 Å². The molecule has 1 aliphatic carbocycles. The summed E-state index contributed by atoms with van der Waals surface area (Å²) >= 11 is 0. The van der Waals surface area contributed by atoms with Crippen LogP contribution in [0.15, 0.2) is 12.3 Å². The molecule has 14 heavy (non-hydrogen) atoms. The van der Waals surface area contributed by atoms with E-state index in [1.165, 1.54) is 6.20 Å². The van der Waals surface area contributed by atoms with E-state index in [0.29, 0.717) is 5.75 Å². The van der Waals surface area contributed by atoms with Crippen molar-refractivity contribution in [1.29, 1.82) is 0 Å². The third kappa shape index (κ3) is 1.66. The van der Waals surface area contributed by atoms with E-state index >= 15 is 0 Å². The van der Waals surface area contributed by atoms with Gasteiger partial charge in [0.05, 0.1) is 6.10 Å². The van der Waals surface area contributed by atoms with Gasteiger partial charge in [0.25, 0.3) is 0 Å². The predicted octanol–water partition coefficient (Wildman–Crippen LogP) is 1.84. The molecule has 5 nitrogen and oxygen atoms in total. The molecule has 0 saturated heterocycles. The van der Waals surface area contributed by atoms with Gasteiger partial charge in [-0.3, -0.25) is 0 Å². The number of pyridine rings is 1. The van der Waals surface area contributed by atoms with E-state index in [9.17, 15) is 10.1 Å². The zero-order valence-electron chi connectivity index (χ0n) is 7.77. The first-order valence-corrected chi connectivity index (χ1v) is 4.45. The Bertz CT molecular complexity index is 374. The molecule has 0 unspecified atom stereocenters. The van der Waals surface area contributed by atoms with Crippen molar-refractivity contribution in [3.05, 3.63) is 27.9 Å². The van der Waals surface area contributed by atoms with Crippen molar-refractivity contribution in [3.63, 3.8) is 0 Å². The summed E-state index contributed by atoms with van der Waals surface area (Å²) < 4.78 is 5.44. The van der Waals surface area contributed by atoms with Crippen molar-refractivity contribution in [2.45, 2.75) is 25.9 Å². The third-order valence-corrected chi connectivity index (χ3v) is 2.06. The molecule has 74 valence electrons. The largest absolute Gasteiger partial charge is 0.482 e. The highest BCUT2D eigenvalue weighted by molar-refractivity contribution is 5.45. The van der Waals surface area contributed by atoms with Crippen molar-refractivity contribution >= 4 is 5.82 Å². The average Bonchev–Trinajstić information content (AvgIpc) is 2.91. The Balaban J connectivity index is 2.36. The van der Waals surface area contributed by atoms with Gasteiger partial charge < -0.3 is 14.9 Å². The molecule has 5 heteroatoms. The summed E-state index contributed by atoms with van der Waals surface area (Å²) in [4.78, 5) is 13.8. The topological polar surface area (TPSA) is 65.3 Å². The highest BCUT2D eigenvalue weighted by Gasteiger charge is 2.28. The summed E-state index contributed by atoms with van der Waals surface area (Å²) in [5.41, 5.74) is 0.763. The fourth-order valence-corrected chi connectivity index (χ4v) is 1.16. The molecule has 0 radical (unpaired) electrons. The maximum atomic E-state index is 10.6. The van der Waals surface area contributed by atoms with Crippen LogP contribution in [0.5, 0.6) is 5.75 Å². The normalized spacial score (nSPS) is 15.2. The number of aromatic nitrogens is 1. The maximum Gasteiger partial charge on any atom is 0.406 e. The number of hydrogen-bond acceptors (Lipinski definition) is 4. The van der Waals surface area contributed by atoms with Crippen LogP contribution in [-0.4, -0.2) is 16.0 Å². The highest BCUT2D eigenvalue weighted by atomic mass is 16.6. The van der Waals surface area contributed by atoms with Gasteiger partial charge in [-0.1, -0.05) is 0 Å². The van der Waals surface area contributed by atoms with Gasteiger partial charge in [0, 0.05) is 5.56 Å². The smallest absolute Gasteiger partial charge is 0.406 e. The molecular weight excluding hydrogens is 184 g/mol. The third-order valence-electron chi connectivity index (χ3n) is 2.06. The molecule has 1 aromatic heterocycles. The molecule has 0 bridgehead atoms. The highest BCUT2D eigenvalue weighted by Crippen LogP contribution is 2.34. The van der Waals surface area contributed by atoms with E-state index < -0.39 is 4.92 Å². The van der Waals surface area contributed by atoms with Crippen LogP contribution in [0.1, 0.15) is 18.4 Å². The minimum atomic E-state index is -0.509. The lowest BCUT2D eigenvalue weighted by molar-refractivity contribution is -0.390. The van der Waals surface area contributed by atoms with Crippen LogP contribution in [0.25, 0.3) is 0 Å². The number of rotatable bonds is 3. The molecule has 0 atom stereocenters. The maximum absolute atomic E-state index is 10.6. The van der Waals surface area contributed by atoms with Crippen LogP contribution < -0.4 is 4.74 Å². The van der Waals surface area contributed by atoms with Gasteiger partial charge in [-0.15, -0.1) is 0 Å². The second kappa shape index (κ2) is 3.25. The zero-order valence-corrected chi connectivity index (χ0v) is 7.77. The van der Waals surface area contributed by atoms with Crippen molar-refractivity contribution in [1.82, 2.24) is 4.98 Å². The van der Waals surface area contributed by atoms with Crippen LogP contribution in [0, 0.1) is 17.0 Å². The molecule has 0 aromatic carbocycles. The first kappa shape index (κ1) is 8.93. The van der Waals surface area contributed by atoms with E-state index in [1.807, 2.05) is 0 Å². The number of nitro groups is 1. The second-order valence-electron chi connectivity index (χ2n) is 3.35. The number of aryl methyl sites for hydroxylation is 1. The summed E-state index contributed by atoms with van der Waals surface area (Å²) in [5.74, 6) is 0.136. The van der Waals surface area contributed by atoms with Crippen LogP contribution in [0.4, 0.5) is 5.82 Å². The van der Waals surface area contributed by atoms with Crippen molar-refractivity contribution in [2.75, 3.05) is 0 Å². The first-order chi connectivity index (χ1) is 6.68. The number of nitrogens with zero attached hydrogens (tertiary/aromatic N) is 2. The fraction of sp³-hybridized carbons (Fsp3) is 0.444. The Hall–Kier alpha value is -1.65. The summed E-state index contributed by atoms with van der Waals surface area (Å²) in [6.45, 7) is 1.78. The fourth-order valence-electron chi connectivity index (χ4n) is 1.16. The first-order valence-electron chi connectivity index (χ1n) is 4.45. The summed E-state index contributed by atoms with van der Waals surface area (Å²) in [6.07, 6.45) is 3.53. The molecule has 1 heterocycles.